The van der Waals surface area contributed by atoms with Gasteiger partial charge in [0.15, 0.2) is 0 Å². The van der Waals surface area contributed by atoms with Crippen molar-refractivity contribution >= 4 is 23.3 Å². The number of hydrogen-bond acceptors (Lipinski definition) is 8. The number of anilines is 1. The number of carbonyl (C=O) groups is 1. The SMILES string of the molecule is NC(F)(F)c1cccc([N+](=O)[O-])c1.Nc1cccc(C(N)(F)F)c1.O=Cc1cccc([N+](=O)[O-])c1. The zero-order chi connectivity index (χ0) is 26.8. The Morgan fingerprint density at radius 1 is 0.714 bits per heavy atom. The predicted molar refractivity (Wildman–Crippen MR) is 119 cm³/mol. The molecule has 10 nitrogen and oxygen atoms in total. The number of nitrogens with zero attached hydrogens (tertiary/aromatic N) is 2. The van der Waals surface area contributed by atoms with Gasteiger partial charge in [0, 0.05) is 46.6 Å². The van der Waals surface area contributed by atoms with Crippen molar-refractivity contribution in [3.63, 3.8) is 0 Å². The molecule has 0 aliphatic rings. The third kappa shape index (κ3) is 9.93. The van der Waals surface area contributed by atoms with Gasteiger partial charge in [-0.15, -0.1) is 0 Å². The summed E-state index contributed by atoms with van der Waals surface area (Å²) in [6, 6.07) is 8.14. The summed E-state index contributed by atoms with van der Waals surface area (Å²) in [7, 11) is 0. The van der Waals surface area contributed by atoms with Gasteiger partial charge < -0.3 is 5.73 Å². The minimum Gasteiger partial charge on any atom is -0.399 e. The van der Waals surface area contributed by atoms with Gasteiger partial charge in [0.05, 0.1) is 9.85 Å². The summed E-state index contributed by atoms with van der Waals surface area (Å²) in [5.74, 6) is 0. The Morgan fingerprint density at radius 2 is 1.14 bits per heavy atom. The largest absolute Gasteiger partial charge is 0.399 e. The molecular formula is C21H19F4N5O5. The lowest BCUT2D eigenvalue weighted by Crippen LogP contribution is -2.25. The lowest BCUT2D eigenvalue weighted by Gasteiger charge is -2.09. The molecule has 35 heavy (non-hydrogen) atoms. The summed E-state index contributed by atoms with van der Waals surface area (Å²) in [6.07, 6.45) is 0.576. The molecule has 0 bridgehead atoms. The molecule has 0 saturated carbocycles. The maximum atomic E-state index is 12.5. The molecule has 0 aromatic heterocycles. The van der Waals surface area contributed by atoms with Crippen molar-refractivity contribution < 1.29 is 32.2 Å². The highest BCUT2D eigenvalue weighted by molar-refractivity contribution is 5.75. The number of nitrogens with two attached hydrogens (primary N) is 3. The second-order valence-electron chi connectivity index (χ2n) is 6.65. The number of nitrogen functional groups attached to an aromatic ring is 1. The zero-order valence-corrected chi connectivity index (χ0v) is 17.7. The van der Waals surface area contributed by atoms with Crippen LogP contribution in [0.25, 0.3) is 0 Å². The molecule has 0 spiro atoms. The smallest absolute Gasteiger partial charge is 0.327 e. The quantitative estimate of drug-likeness (QED) is 0.116. The fourth-order valence-corrected chi connectivity index (χ4v) is 2.28. The minimum absolute atomic E-state index is 0.0606. The highest BCUT2D eigenvalue weighted by Gasteiger charge is 2.26. The third-order valence-electron chi connectivity index (χ3n) is 3.93. The average molecular weight is 497 g/mol. The van der Waals surface area contributed by atoms with Crippen LogP contribution >= 0.6 is 0 Å². The van der Waals surface area contributed by atoms with Crippen LogP contribution in [-0.4, -0.2) is 16.1 Å². The summed E-state index contributed by atoms with van der Waals surface area (Å²) >= 11 is 0. The van der Waals surface area contributed by atoms with E-state index in [1.165, 1.54) is 42.5 Å². The zero-order valence-electron chi connectivity index (χ0n) is 17.7. The second-order valence-corrected chi connectivity index (χ2v) is 6.65. The Bertz CT molecular complexity index is 1180. The number of non-ortho nitro benzene ring substituents is 2. The van der Waals surface area contributed by atoms with Crippen LogP contribution in [-0.2, 0) is 12.1 Å². The van der Waals surface area contributed by atoms with E-state index >= 15 is 0 Å². The van der Waals surface area contributed by atoms with Crippen LogP contribution < -0.4 is 17.2 Å². The van der Waals surface area contributed by atoms with Gasteiger partial charge in [-0.25, -0.2) is 0 Å². The first-order chi connectivity index (χ1) is 16.1. The van der Waals surface area contributed by atoms with Gasteiger partial charge in [0.25, 0.3) is 11.4 Å². The number of hydrogen-bond donors (Lipinski definition) is 3. The van der Waals surface area contributed by atoms with Crippen LogP contribution in [0.2, 0.25) is 0 Å². The average Bonchev–Trinajstić information content (AvgIpc) is 2.79. The first-order valence-corrected chi connectivity index (χ1v) is 9.29. The topological polar surface area (TPSA) is 181 Å². The van der Waals surface area contributed by atoms with Gasteiger partial charge in [0.1, 0.15) is 6.29 Å². The number of aldehydes is 1. The fraction of sp³-hybridized carbons (Fsp3) is 0.0952. The highest BCUT2D eigenvalue weighted by atomic mass is 19.3. The summed E-state index contributed by atoms with van der Waals surface area (Å²) < 4.78 is 49.6. The van der Waals surface area contributed by atoms with Crippen molar-refractivity contribution in [1.29, 1.82) is 0 Å². The first kappa shape index (κ1) is 28.6. The summed E-state index contributed by atoms with van der Waals surface area (Å²) in [5, 5.41) is 20.4. The first-order valence-electron chi connectivity index (χ1n) is 9.29. The van der Waals surface area contributed by atoms with Crippen molar-refractivity contribution in [1.82, 2.24) is 0 Å². The summed E-state index contributed by atoms with van der Waals surface area (Å²) in [6.45, 7) is 0. The van der Waals surface area contributed by atoms with Crippen LogP contribution in [0, 0.1) is 20.2 Å². The highest BCUT2D eigenvalue weighted by Crippen LogP contribution is 2.24. The molecule has 3 rings (SSSR count). The standard InChI is InChI=1S/C7H6F2N2O2.C7H8F2N2.C7H5NO3/c8-7(9,10)5-2-1-3-6(4-5)11(12)13;8-7(9,11)5-2-1-3-6(10)4-5;9-5-6-2-1-3-7(4-6)8(10)11/h1-4H,10H2;1-4H,10-11H2;1-5H. The Kier molecular flexibility index (Phi) is 9.93. The molecule has 3 aromatic rings. The van der Waals surface area contributed by atoms with E-state index in [-0.39, 0.29) is 16.9 Å². The maximum Gasteiger partial charge on any atom is 0.327 e. The molecular weight excluding hydrogens is 478 g/mol. The molecule has 14 heteroatoms. The molecule has 0 unspecified atom stereocenters. The molecule has 0 radical (unpaired) electrons. The van der Waals surface area contributed by atoms with E-state index in [0.717, 1.165) is 30.3 Å². The van der Waals surface area contributed by atoms with Crippen LogP contribution in [0.5, 0.6) is 0 Å². The van der Waals surface area contributed by atoms with Gasteiger partial charge in [0.2, 0.25) is 0 Å². The number of nitro benzene ring substituents is 2. The van der Waals surface area contributed by atoms with Crippen LogP contribution in [0.15, 0.2) is 72.8 Å². The van der Waals surface area contributed by atoms with Gasteiger partial charge in [-0.1, -0.05) is 36.4 Å². The third-order valence-corrected chi connectivity index (χ3v) is 3.93. The Hall–Kier alpha value is -4.43. The Labute approximate surface area is 195 Å². The van der Waals surface area contributed by atoms with Crippen molar-refractivity contribution in [2.75, 3.05) is 5.73 Å². The van der Waals surface area contributed by atoms with Crippen molar-refractivity contribution in [2.24, 2.45) is 11.5 Å². The van der Waals surface area contributed by atoms with Crippen LogP contribution in [0.4, 0.5) is 34.6 Å². The lowest BCUT2D eigenvalue weighted by atomic mass is 10.2. The van der Waals surface area contributed by atoms with Crippen LogP contribution in [0.1, 0.15) is 21.5 Å². The van der Waals surface area contributed by atoms with Gasteiger partial charge in [-0.2, -0.15) is 17.6 Å². The molecule has 186 valence electrons. The molecule has 3 aromatic carbocycles. The number of nitro groups is 2. The molecule has 0 amide bonds. The van der Waals surface area contributed by atoms with E-state index in [1.807, 2.05) is 0 Å². The van der Waals surface area contributed by atoms with Crippen molar-refractivity contribution in [3.05, 3.63) is 110 Å². The lowest BCUT2D eigenvalue weighted by molar-refractivity contribution is -0.385. The molecule has 0 aliphatic heterocycles. The molecule has 0 atom stereocenters. The molecule has 0 heterocycles. The minimum atomic E-state index is -3.54. The Morgan fingerprint density at radius 3 is 1.54 bits per heavy atom. The number of alkyl halides is 4. The maximum absolute atomic E-state index is 12.5. The summed E-state index contributed by atoms with van der Waals surface area (Å²) in [5.41, 5.74) is 13.6. The van der Waals surface area contributed by atoms with Gasteiger partial charge >= 0.3 is 12.1 Å². The van der Waals surface area contributed by atoms with E-state index in [2.05, 4.69) is 11.5 Å². The monoisotopic (exact) mass is 497 g/mol. The fourth-order valence-electron chi connectivity index (χ4n) is 2.28. The van der Waals surface area contributed by atoms with E-state index < -0.39 is 33.2 Å². The molecule has 0 saturated heterocycles. The van der Waals surface area contributed by atoms with Crippen LogP contribution in [0.3, 0.4) is 0 Å². The van der Waals surface area contributed by atoms with Gasteiger partial charge in [-0.3, -0.25) is 36.5 Å². The molecule has 0 fully saturated rings. The van der Waals surface area contributed by atoms with Crippen molar-refractivity contribution in [2.45, 2.75) is 12.1 Å². The van der Waals surface area contributed by atoms with Crippen molar-refractivity contribution in [3.8, 4) is 0 Å². The number of halogens is 4. The van der Waals surface area contributed by atoms with E-state index in [0.29, 0.717) is 11.8 Å². The molecule has 6 N–H and O–H groups in total. The van der Waals surface area contributed by atoms with E-state index in [1.54, 1.807) is 0 Å². The number of carbonyl (C=O) groups excluding carboxylic acids is 1. The Balaban J connectivity index is 0.000000264. The predicted octanol–water partition coefficient (Wildman–Crippen LogP) is 4.29. The second kappa shape index (κ2) is 12.2. The number of benzene rings is 3. The van der Waals surface area contributed by atoms with E-state index in [4.69, 9.17) is 5.73 Å². The molecule has 0 aliphatic carbocycles. The summed E-state index contributed by atoms with van der Waals surface area (Å²) in [4.78, 5) is 29.2. The normalized spacial score (nSPS) is 10.7. The number of rotatable bonds is 5. The van der Waals surface area contributed by atoms with Gasteiger partial charge in [-0.05, 0) is 12.1 Å². The van der Waals surface area contributed by atoms with E-state index in [9.17, 15) is 42.6 Å².